The van der Waals surface area contributed by atoms with Gasteiger partial charge < -0.3 is 10.4 Å². The summed E-state index contributed by atoms with van der Waals surface area (Å²) in [7, 11) is 0. The van der Waals surface area contributed by atoms with E-state index in [-0.39, 0.29) is 11.9 Å². The van der Waals surface area contributed by atoms with Gasteiger partial charge >= 0.3 is 5.97 Å². The molecule has 20 heavy (non-hydrogen) atoms. The molecule has 0 spiro atoms. The van der Waals surface area contributed by atoms with E-state index in [4.69, 9.17) is 5.11 Å². The van der Waals surface area contributed by atoms with Crippen molar-refractivity contribution in [2.75, 3.05) is 0 Å². The van der Waals surface area contributed by atoms with Crippen molar-refractivity contribution < 1.29 is 14.7 Å². The fourth-order valence-electron chi connectivity index (χ4n) is 2.73. The Balaban J connectivity index is 2.02. The van der Waals surface area contributed by atoms with Crippen molar-refractivity contribution in [3.05, 3.63) is 34.3 Å². The predicted molar refractivity (Wildman–Crippen MR) is 79.1 cm³/mol. The molecule has 2 rings (SSSR count). The van der Waals surface area contributed by atoms with Gasteiger partial charge in [-0.1, -0.05) is 41.9 Å². The third kappa shape index (κ3) is 2.73. The summed E-state index contributed by atoms with van der Waals surface area (Å²) in [6.07, 6.45) is 0. The number of benzene rings is 1. The second-order valence-electron chi connectivity index (χ2n) is 5.90. The molecule has 0 unspecified atom stereocenters. The third-order valence-electron chi connectivity index (χ3n) is 4.10. The van der Waals surface area contributed by atoms with Crippen molar-refractivity contribution in [3.63, 3.8) is 0 Å². The number of carboxylic acid groups (broad SMARTS) is 1. The topological polar surface area (TPSA) is 66.4 Å². The number of rotatable bonds is 4. The highest BCUT2D eigenvalue weighted by Crippen LogP contribution is 2.58. The summed E-state index contributed by atoms with van der Waals surface area (Å²) in [5.74, 6) is -2.11. The van der Waals surface area contributed by atoms with Crippen LogP contribution in [0.4, 0.5) is 0 Å². The lowest BCUT2D eigenvalue weighted by atomic mass is 10.1. The summed E-state index contributed by atoms with van der Waals surface area (Å²) < 4.78 is 0.981. The SMILES string of the molecule is C[C@@H](NC(=O)[C@H]1[C@@H](C(=O)O)C1(C)C)c1ccc(Br)cc1. The number of halogens is 1. The van der Waals surface area contributed by atoms with Crippen LogP contribution in [0.25, 0.3) is 0 Å². The van der Waals surface area contributed by atoms with Gasteiger partial charge in [0.1, 0.15) is 0 Å². The predicted octanol–water partition coefficient (Wildman–Crippen LogP) is 2.98. The Labute approximate surface area is 126 Å². The lowest BCUT2D eigenvalue weighted by Gasteiger charge is -2.15. The molecule has 1 amide bonds. The monoisotopic (exact) mass is 339 g/mol. The molecule has 108 valence electrons. The van der Waals surface area contributed by atoms with Crippen molar-refractivity contribution in [1.82, 2.24) is 5.32 Å². The molecular weight excluding hydrogens is 322 g/mol. The molecule has 3 atom stereocenters. The average molecular weight is 340 g/mol. The first-order valence-corrected chi connectivity index (χ1v) is 7.33. The van der Waals surface area contributed by atoms with E-state index < -0.39 is 23.2 Å². The van der Waals surface area contributed by atoms with E-state index in [2.05, 4.69) is 21.2 Å². The molecule has 1 aliphatic rings. The first kappa shape index (κ1) is 15.0. The van der Waals surface area contributed by atoms with E-state index in [9.17, 15) is 9.59 Å². The van der Waals surface area contributed by atoms with Crippen molar-refractivity contribution in [3.8, 4) is 0 Å². The first-order valence-electron chi connectivity index (χ1n) is 6.53. The number of amides is 1. The van der Waals surface area contributed by atoms with Crippen LogP contribution in [0.2, 0.25) is 0 Å². The molecule has 1 aromatic carbocycles. The van der Waals surface area contributed by atoms with Crippen LogP contribution in [-0.4, -0.2) is 17.0 Å². The Kier molecular flexibility index (Phi) is 3.91. The van der Waals surface area contributed by atoms with Gasteiger partial charge in [-0.15, -0.1) is 0 Å². The van der Waals surface area contributed by atoms with Gasteiger partial charge in [0, 0.05) is 4.47 Å². The fraction of sp³-hybridized carbons (Fsp3) is 0.467. The number of carbonyl (C=O) groups is 2. The summed E-state index contributed by atoms with van der Waals surface area (Å²) in [5, 5.41) is 12.0. The molecule has 4 nitrogen and oxygen atoms in total. The van der Waals surface area contributed by atoms with E-state index in [1.54, 1.807) is 0 Å². The van der Waals surface area contributed by atoms with Crippen LogP contribution < -0.4 is 5.32 Å². The highest BCUT2D eigenvalue weighted by molar-refractivity contribution is 9.10. The van der Waals surface area contributed by atoms with Crippen molar-refractivity contribution >= 4 is 27.8 Å². The second-order valence-corrected chi connectivity index (χ2v) is 6.81. The maximum absolute atomic E-state index is 12.2. The average Bonchev–Trinajstić information content (AvgIpc) is 2.93. The van der Waals surface area contributed by atoms with Gasteiger partial charge in [0.2, 0.25) is 5.91 Å². The lowest BCUT2D eigenvalue weighted by molar-refractivity contribution is -0.140. The van der Waals surface area contributed by atoms with Crippen LogP contribution in [0.5, 0.6) is 0 Å². The number of nitrogens with one attached hydrogen (secondary N) is 1. The Morgan fingerprint density at radius 1 is 1.25 bits per heavy atom. The van der Waals surface area contributed by atoms with Crippen LogP contribution in [0.1, 0.15) is 32.4 Å². The quantitative estimate of drug-likeness (QED) is 0.886. The van der Waals surface area contributed by atoms with Gasteiger partial charge in [0.15, 0.2) is 0 Å². The largest absolute Gasteiger partial charge is 0.481 e. The molecule has 0 radical (unpaired) electrons. The van der Waals surface area contributed by atoms with Gasteiger partial charge in [-0.2, -0.15) is 0 Å². The van der Waals surface area contributed by atoms with Crippen molar-refractivity contribution in [1.29, 1.82) is 0 Å². The molecule has 0 heterocycles. The third-order valence-corrected chi connectivity index (χ3v) is 4.63. The summed E-state index contributed by atoms with van der Waals surface area (Å²) in [4.78, 5) is 23.3. The summed E-state index contributed by atoms with van der Waals surface area (Å²) >= 11 is 3.36. The summed E-state index contributed by atoms with van der Waals surface area (Å²) in [6.45, 7) is 5.53. The van der Waals surface area contributed by atoms with E-state index in [1.807, 2.05) is 45.0 Å². The Hall–Kier alpha value is -1.36. The maximum Gasteiger partial charge on any atom is 0.307 e. The van der Waals surface area contributed by atoms with E-state index >= 15 is 0 Å². The minimum Gasteiger partial charge on any atom is -0.481 e. The molecule has 0 aliphatic heterocycles. The molecule has 1 fully saturated rings. The molecule has 0 saturated heterocycles. The standard InChI is InChI=1S/C15H18BrNO3/c1-8(9-4-6-10(16)7-5-9)17-13(18)11-12(14(19)20)15(11,2)3/h4-8,11-12H,1-3H3,(H,17,18)(H,19,20)/t8-,11-,12+/m1/s1. The zero-order valence-corrected chi connectivity index (χ0v) is 13.3. The minimum absolute atomic E-state index is 0.138. The molecule has 1 aromatic rings. The maximum atomic E-state index is 12.2. The summed E-state index contributed by atoms with van der Waals surface area (Å²) in [5.41, 5.74) is 0.530. The molecule has 0 bridgehead atoms. The van der Waals surface area contributed by atoms with Crippen LogP contribution in [0, 0.1) is 17.3 Å². The van der Waals surface area contributed by atoms with Crippen LogP contribution in [0.3, 0.4) is 0 Å². The fourth-order valence-corrected chi connectivity index (χ4v) is 2.99. The zero-order valence-electron chi connectivity index (χ0n) is 11.7. The summed E-state index contributed by atoms with van der Waals surface area (Å²) in [6, 6.07) is 7.56. The number of carboxylic acids is 1. The van der Waals surface area contributed by atoms with Crippen LogP contribution in [0.15, 0.2) is 28.7 Å². The zero-order chi connectivity index (χ0) is 15.1. The molecule has 2 N–H and O–H groups in total. The molecule has 0 aromatic heterocycles. The van der Waals surface area contributed by atoms with E-state index in [1.165, 1.54) is 0 Å². The van der Waals surface area contributed by atoms with Crippen molar-refractivity contribution in [2.24, 2.45) is 17.3 Å². The number of carbonyl (C=O) groups excluding carboxylic acids is 1. The van der Waals surface area contributed by atoms with Crippen LogP contribution >= 0.6 is 15.9 Å². The van der Waals surface area contributed by atoms with Gasteiger partial charge in [-0.3, -0.25) is 9.59 Å². The highest BCUT2D eigenvalue weighted by atomic mass is 79.9. The molecule has 1 aliphatic carbocycles. The Morgan fingerprint density at radius 3 is 2.25 bits per heavy atom. The molecule has 1 saturated carbocycles. The van der Waals surface area contributed by atoms with E-state index in [0.29, 0.717) is 0 Å². The second kappa shape index (κ2) is 5.20. The highest BCUT2D eigenvalue weighted by Gasteiger charge is 2.65. The minimum atomic E-state index is -0.897. The molecular formula is C15H18BrNO3. The van der Waals surface area contributed by atoms with Crippen molar-refractivity contribution in [2.45, 2.75) is 26.8 Å². The van der Waals surface area contributed by atoms with Crippen LogP contribution in [-0.2, 0) is 9.59 Å². The van der Waals surface area contributed by atoms with Gasteiger partial charge in [-0.05, 0) is 30.0 Å². The Bertz CT molecular complexity index is 539. The van der Waals surface area contributed by atoms with Gasteiger partial charge in [0.05, 0.1) is 17.9 Å². The first-order chi connectivity index (χ1) is 9.25. The number of hydrogen-bond acceptors (Lipinski definition) is 2. The number of aliphatic carboxylic acids is 1. The normalized spacial score (nSPS) is 24.8. The lowest BCUT2D eigenvalue weighted by Crippen LogP contribution is -2.29. The Morgan fingerprint density at radius 2 is 1.80 bits per heavy atom. The number of hydrogen-bond donors (Lipinski definition) is 2. The van der Waals surface area contributed by atoms with E-state index in [0.717, 1.165) is 10.0 Å². The van der Waals surface area contributed by atoms with Gasteiger partial charge in [0.25, 0.3) is 0 Å². The smallest absolute Gasteiger partial charge is 0.307 e. The van der Waals surface area contributed by atoms with Gasteiger partial charge in [-0.25, -0.2) is 0 Å². The molecule has 5 heteroatoms.